The van der Waals surface area contributed by atoms with Gasteiger partial charge in [0, 0.05) is 25.9 Å². The summed E-state index contributed by atoms with van der Waals surface area (Å²) in [6, 6.07) is 4.95. The standard InChI is InChI=1S/C12H15N3O2/c1-15-7-6-14-11(15)5-8-17-10-4-2-3-9(16)12(10)13/h2-4,6-7,16H,5,8,13H2,1H3. The molecular weight excluding hydrogens is 218 g/mol. The molecule has 0 aliphatic carbocycles. The van der Waals surface area contributed by atoms with Gasteiger partial charge in [-0.2, -0.15) is 0 Å². The third kappa shape index (κ3) is 2.50. The highest BCUT2D eigenvalue weighted by Gasteiger charge is 2.05. The van der Waals surface area contributed by atoms with Crippen LogP contribution in [0.3, 0.4) is 0 Å². The third-order valence-electron chi connectivity index (χ3n) is 2.55. The Morgan fingerprint density at radius 1 is 1.47 bits per heavy atom. The van der Waals surface area contributed by atoms with Crippen LogP contribution in [-0.2, 0) is 13.5 Å². The molecule has 0 fully saturated rings. The highest BCUT2D eigenvalue weighted by Crippen LogP contribution is 2.29. The van der Waals surface area contributed by atoms with E-state index in [2.05, 4.69) is 4.98 Å². The van der Waals surface area contributed by atoms with Gasteiger partial charge in [0.1, 0.15) is 23.0 Å². The van der Waals surface area contributed by atoms with Crippen molar-refractivity contribution in [3.05, 3.63) is 36.4 Å². The first-order chi connectivity index (χ1) is 8.18. The number of aryl methyl sites for hydroxylation is 1. The number of para-hydroxylation sites is 1. The molecule has 1 aromatic carbocycles. The van der Waals surface area contributed by atoms with E-state index in [0.29, 0.717) is 18.8 Å². The molecule has 0 radical (unpaired) electrons. The van der Waals surface area contributed by atoms with Crippen molar-refractivity contribution in [1.29, 1.82) is 0 Å². The number of imidazole rings is 1. The first-order valence-corrected chi connectivity index (χ1v) is 5.35. The quantitative estimate of drug-likeness (QED) is 0.617. The van der Waals surface area contributed by atoms with Crippen molar-refractivity contribution in [2.75, 3.05) is 12.3 Å². The van der Waals surface area contributed by atoms with Crippen LogP contribution in [0.25, 0.3) is 0 Å². The molecule has 0 atom stereocenters. The highest BCUT2D eigenvalue weighted by atomic mass is 16.5. The minimum Gasteiger partial charge on any atom is -0.506 e. The average Bonchev–Trinajstić information content (AvgIpc) is 2.71. The van der Waals surface area contributed by atoms with Crippen LogP contribution < -0.4 is 10.5 Å². The molecule has 17 heavy (non-hydrogen) atoms. The summed E-state index contributed by atoms with van der Waals surface area (Å²) in [5.74, 6) is 1.49. The summed E-state index contributed by atoms with van der Waals surface area (Å²) in [4.78, 5) is 4.19. The van der Waals surface area contributed by atoms with Gasteiger partial charge in [0.25, 0.3) is 0 Å². The van der Waals surface area contributed by atoms with Gasteiger partial charge in [-0.25, -0.2) is 4.98 Å². The smallest absolute Gasteiger partial charge is 0.146 e. The number of aromatic nitrogens is 2. The number of nitrogens with zero attached hydrogens (tertiary/aromatic N) is 2. The summed E-state index contributed by atoms with van der Waals surface area (Å²) < 4.78 is 7.45. The molecule has 0 saturated carbocycles. The number of phenols is 1. The van der Waals surface area contributed by atoms with Gasteiger partial charge in [-0.3, -0.25) is 0 Å². The van der Waals surface area contributed by atoms with Crippen LogP contribution in [0.2, 0.25) is 0 Å². The lowest BCUT2D eigenvalue weighted by Crippen LogP contribution is -2.07. The van der Waals surface area contributed by atoms with E-state index in [-0.39, 0.29) is 11.4 Å². The van der Waals surface area contributed by atoms with Crippen molar-refractivity contribution >= 4 is 5.69 Å². The number of phenolic OH excluding ortho intramolecular Hbond substituents is 1. The predicted molar refractivity (Wildman–Crippen MR) is 64.9 cm³/mol. The molecular formula is C12H15N3O2. The maximum Gasteiger partial charge on any atom is 0.146 e. The number of rotatable bonds is 4. The Kier molecular flexibility index (Phi) is 3.18. The lowest BCUT2D eigenvalue weighted by Gasteiger charge is -2.09. The van der Waals surface area contributed by atoms with Crippen molar-refractivity contribution in [3.63, 3.8) is 0 Å². The SMILES string of the molecule is Cn1ccnc1CCOc1cccc(O)c1N. The molecule has 0 bridgehead atoms. The number of hydrogen-bond acceptors (Lipinski definition) is 4. The summed E-state index contributed by atoms with van der Waals surface area (Å²) in [6.45, 7) is 0.471. The summed E-state index contributed by atoms with van der Waals surface area (Å²) in [5.41, 5.74) is 5.95. The van der Waals surface area contributed by atoms with E-state index in [0.717, 1.165) is 5.82 Å². The van der Waals surface area contributed by atoms with E-state index in [1.165, 1.54) is 6.07 Å². The Bertz CT molecular complexity index is 508. The monoisotopic (exact) mass is 233 g/mol. The van der Waals surface area contributed by atoms with Crippen LogP contribution in [0.1, 0.15) is 5.82 Å². The molecule has 0 amide bonds. The van der Waals surface area contributed by atoms with E-state index < -0.39 is 0 Å². The van der Waals surface area contributed by atoms with Gasteiger partial charge in [0.05, 0.1) is 6.61 Å². The van der Waals surface area contributed by atoms with Crippen LogP contribution in [-0.4, -0.2) is 21.3 Å². The highest BCUT2D eigenvalue weighted by molar-refractivity contribution is 5.61. The second-order valence-electron chi connectivity index (χ2n) is 3.74. The molecule has 5 heteroatoms. The first-order valence-electron chi connectivity index (χ1n) is 5.35. The molecule has 2 rings (SSSR count). The Labute approximate surface area is 99.5 Å². The minimum absolute atomic E-state index is 0.0412. The summed E-state index contributed by atoms with van der Waals surface area (Å²) in [7, 11) is 1.94. The molecule has 1 aromatic heterocycles. The molecule has 2 aromatic rings. The Hall–Kier alpha value is -2.17. The fourth-order valence-corrected chi connectivity index (χ4v) is 1.55. The van der Waals surface area contributed by atoms with Gasteiger partial charge in [-0.05, 0) is 12.1 Å². The number of anilines is 1. The van der Waals surface area contributed by atoms with Crippen molar-refractivity contribution in [2.45, 2.75) is 6.42 Å². The van der Waals surface area contributed by atoms with Gasteiger partial charge in [0.15, 0.2) is 0 Å². The van der Waals surface area contributed by atoms with E-state index in [4.69, 9.17) is 10.5 Å². The van der Waals surface area contributed by atoms with E-state index in [1.807, 2.05) is 17.8 Å². The van der Waals surface area contributed by atoms with Crippen LogP contribution in [0.15, 0.2) is 30.6 Å². The number of aromatic hydroxyl groups is 1. The molecule has 3 N–H and O–H groups in total. The van der Waals surface area contributed by atoms with Gasteiger partial charge in [0.2, 0.25) is 0 Å². The van der Waals surface area contributed by atoms with Crippen molar-refractivity contribution in [3.8, 4) is 11.5 Å². The van der Waals surface area contributed by atoms with Gasteiger partial charge in [-0.15, -0.1) is 0 Å². The van der Waals surface area contributed by atoms with Gasteiger partial charge >= 0.3 is 0 Å². The van der Waals surface area contributed by atoms with E-state index in [1.54, 1.807) is 18.3 Å². The predicted octanol–water partition coefficient (Wildman–Crippen LogP) is 1.33. The first kappa shape index (κ1) is 11.3. The van der Waals surface area contributed by atoms with Crippen molar-refractivity contribution < 1.29 is 9.84 Å². The molecule has 90 valence electrons. The van der Waals surface area contributed by atoms with Crippen LogP contribution in [0.5, 0.6) is 11.5 Å². The fraction of sp³-hybridized carbons (Fsp3) is 0.250. The average molecular weight is 233 g/mol. The third-order valence-corrected chi connectivity index (χ3v) is 2.55. The zero-order chi connectivity index (χ0) is 12.3. The lowest BCUT2D eigenvalue weighted by molar-refractivity contribution is 0.317. The number of hydrogen-bond donors (Lipinski definition) is 2. The second kappa shape index (κ2) is 4.78. The number of ether oxygens (including phenoxy) is 1. The number of benzene rings is 1. The van der Waals surface area contributed by atoms with Crippen LogP contribution >= 0.6 is 0 Å². The Morgan fingerprint density at radius 3 is 3.00 bits per heavy atom. The van der Waals surface area contributed by atoms with Crippen molar-refractivity contribution in [2.24, 2.45) is 7.05 Å². The maximum atomic E-state index is 9.41. The molecule has 1 heterocycles. The normalized spacial score (nSPS) is 10.4. The maximum absolute atomic E-state index is 9.41. The Morgan fingerprint density at radius 2 is 2.29 bits per heavy atom. The second-order valence-corrected chi connectivity index (χ2v) is 3.74. The summed E-state index contributed by atoms with van der Waals surface area (Å²) >= 11 is 0. The molecule has 0 aliphatic rings. The number of nitrogen functional groups attached to an aromatic ring is 1. The fourth-order valence-electron chi connectivity index (χ4n) is 1.55. The minimum atomic E-state index is 0.0412. The van der Waals surface area contributed by atoms with Crippen LogP contribution in [0.4, 0.5) is 5.69 Å². The van der Waals surface area contributed by atoms with Crippen molar-refractivity contribution in [1.82, 2.24) is 9.55 Å². The molecule has 0 saturated heterocycles. The molecule has 0 aliphatic heterocycles. The Balaban J connectivity index is 1.95. The molecule has 0 spiro atoms. The van der Waals surface area contributed by atoms with E-state index >= 15 is 0 Å². The van der Waals surface area contributed by atoms with Crippen LogP contribution in [0, 0.1) is 0 Å². The van der Waals surface area contributed by atoms with Gasteiger partial charge < -0.3 is 20.1 Å². The topological polar surface area (TPSA) is 73.3 Å². The van der Waals surface area contributed by atoms with E-state index in [9.17, 15) is 5.11 Å². The number of nitrogens with two attached hydrogens (primary N) is 1. The lowest BCUT2D eigenvalue weighted by atomic mass is 10.3. The summed E-state index contributed by atoms with van der Waals surface area (Å²) in [6.07, 6.45) is 4.33. The largest absolute Gasteiger partial charge is 0.506 e. The summed E-state index contributed by atoms with van der Waals surface area (Å²) in [5, 5.41) is 9.41. The van der Waals surface area contributed by atoms with Gasteiger partial charge in [-0.1, -0.05) is 6.07 Å². The zero-order valence-corrected chi connectivity index (χ0v) is 9.63. The zero-order valence-electron chi connectivity index (χ0n) is 9.63. The molecule has 0 unspecified atom stereocenters. The molecule has 5 nitrogen and oxygen atoms in total.